The Morgan fingerprint density at radius 3 is 2.42 bits per heavy atom. The summed E-state index contributed by atoms with van der Waals surface area (Å²) < 4.78 is 25.7. The maximum atomic E-state index is 12.4. The molecule has 6 heteroatoms. The highest BCUT2D eigenvalue weighted by molar-refractivity contribution is 7.92. The van der Waals surface area contributed by atoms with Crippen molar-refractivity contribution in [1.82, 2.24) is 4.90 Å². The molecule has 1 atom stereocenters. The summed E-state index contributed by atoms with van der Waals surface area (Å²) in [6.45, 7) is 7.78. The molecule has 1 aromatic rings. The maximum Gasteiger partial charge on any atom is 0.232 e. The molecule has 0 bridgehead atoms. The van der Waals surface area contributed by atoms with Gasteiger partial charge in [-0.2, -0.15) is 0 Å². The van der Waals surface area contributed by atoms with E-state index < -0.39 is 10.0 Å². The Bertz CT molecular complexity index is 680. The van der Waals surface area contributed by atoms with E-state index in [-0.39, 0.29) is 18.9 Å². The lowest BCUT2D eigenvalue weighted by atomic mass is 10.00. The summed E-state index contributed by atoms with van der Waals surface area (Å²) in [4.78, 5) is 14.3. The lowest BCUT2D eigenvalue weighted by Crippen LogP contribution is -2.41. The molecule has 0 spiro atoms. The molecular weight excluding hydrogens is 324 g/mol. The summed E-state index contributed by atoms with van der Waals surface area (Å²) in [5.41, 5.74) is 2.65. The lowest BCUT2D eigenvalue weighted by Gasteiger charge is -2.32. The number of piperidine rings is 1. The smallest absolute Gasteiger partial charge is 0.232 e. The van der Waals surface area contributed by atoms with Crippen molar-refractivity contribution >= 4 is 21.6 Å². The van der Waals surface area contributed by atoms with Gasteiger partial charge in [-0.3, -0.25) is 9.10 Å². The molecule has 134 valence electrons. The van der Waals surface area contributed by atoms with Crippen LogP contribution in [-0.2, 0) is 14.8 Å². The number of hydrogen-bond donors (Lipinski definition) is 0. The second-order valence-electron chi connectivity index (χ2n) is 7.02. The van der Waals surface area contributed by atoms with E-state index >= 15 is 0 Å². The van der Waals surface area contributed by atoms with Gasteiger partial charge in [0.15, 0.2) is 0 Å². The van der Waals surface area contributed by atoms with Crippen molar-refractivity contribution < 1.29 is 13.2 Å². The van der Waals surface area contributed by atoms with Gasteiger partial charge in [0.1, 0.15) is 0 Å². The molecule has 1 saturated heterocycles. The molecule has 0 saturated carbocycles. The van der Waals surface area contributed by atoms with Gasteiger partial charge >= 0.3 is 0 Å². The van der Waals surface area contributed by atoms with Gasteiger partial charge in [0, 0.05) is 26.1 Å². The summed E-state index contributed by atoms with van der Waals surface area (Å²) in [7, 11) is -3.43. The number of carbonyl (C=O) groups is 1. The predicted molar refractivity (Wildman–Crippen MR) is 97.7 cm³/mol. The van der Waals surface area contributed by atoms with Crippen LogP contribution in [0.5, 0.6) is 0 Å². The number of rotatable bonds is 5. The number of nitrogens with zero attached hydrogens (tertiary/aromatic N) is 2. The number of amides is 1. The molecule has 1 heterocycles. The molecule has 0 aromatic heterocycles. The highest BCUT2D eigenvalue weighted by atomic mass is 32.2. The molecule has 1 aliphatic heterocycles. The van der Waals surface area contributed by atoms with Crippen LogP contribution in [0.1, 0.15) is 37.3 Å². The van der Waals surface area contributed by atoms with Gasteiger partial charge in [0.25, 0.3) is 0 Å². The summed E-state index contributed by atoms with van der Waals surface area (Å²) in [5, 5.41) is 0. The predicted octanol–water partition coefficient (Wildman–Crippen LogP) is 2.72. The Kier molecular flexibility index (Phi) is 5.91. The van der Waals surface area contributed by atoms with E-state index in [2.05, 4.69) is 6.92 Å². The molecule has 0 aliphatic carbocycles. The zero-order chi connectivity index (χ0) is 17.9. The van der Waals surface area contributed by atoms with Crippen LogP contribution in [0.4, 0.5) is 5.69 Å². The zero-order valence-corrected chi connectivity index (χ0v) is 15.9. The Balaban J connectivity index is 2.11. The molecule has 1 aliphatic rings. The third-order valence-electron chi connectivity index (χ3n) is 4.43. The number of hydrogen-bond acceptors (Lipinski definition) is 3. The van der Waals surface area contributed by atoms with Gasteiger partial charge < -0.3 is 4.90 Å². The van der Waals surface area contributed by atoms with E-state index in [1.165, 1.54) is 10.6 Å². The van der Waals surface area contributed by atoms with Crippen LogP contribution in [0.2, 0.25) is 0 Å². The molecular formula is C18H28N2O3S. The second kappa shape index (κ2) is 7.55. The first-order chi connectivity index (χ1) is 11.2. The first-order valence-corrected chi connectivity index (χ1v) is 10.4. The molecule has 5 nitrogen and oxygen atoms in total. The van der Waals surface area contributed by atoms with Crippen molar-refractivity contribution in [3.05, 3.63) is 29.3 Å². The van der Waals surface area contributed by atoms with E-state index in [9.17, 15) is 13.2 Å². The number of anilines is 1. The summed E-state index contributed by atoms with van der Waals surface area (Å²) in [6, 6.07) is 5.70. The number of benzene rings is 1. The van der Waals surface area contributed by atoms with Gasteiger partial charge in [0.2, 0.25) is 15.9 Å². The van der Waals surface area contributed by atoms with Crippen molar-refractivity contribution in [3.63, 3.8) is 0 Å². The number of carbonyl (C=O) groups excluding carboxylic acids is 1. The minimum absolute atomic E-state index is 0.0413. The fraction of sp³-hybridized carbons (Fsp3) is 0.611. The topological polar surface area (TPSA) is 57.7 Å². The first kappa shape index (κ1) is 18.8. The van der Waals surface area contributed by atoms with Crippen LogP contribution in [0, 0.1) is 19.8 Å². The fourth-order valence-corrected chi connectivity index (χ4v) is 4.26. The molecule has 0 radical (unpaired) electrons. The summed E-state index contributed by atoms with van der Waals surface area (Å²) in [5.74, 6) is 0.563. The zero-order valence-electron chi connectivity index (χ0n) is 15.1. The van der Waals surface area contributed by atoms with Crippen LogP contribution in [0.3, 0.4) is 0 Å². The van der Waals surface area contributed by atoms with Crippen LogP contribution in [-0.4, -0.2) is 45.1 Å². The lowest BCUT2D eigenvalue weighted by molar-refractivity contribution is -0.132. The number of likely N-dealkylation sites (tertiary alicyclic amines) is 1. The Morgan fingerprint density at radius 1 is 1.25 bits per heavy atom. The molecule has 2 rings (SSSR count). The van der Waals surface area contributed by atoms with E-state index in [0.717, 1.165) is 37.1 Å². The quantitative estimate of drug-likeness (QED) is 0.819. The maximum absolute atomic E-state index is 12.4. The van der Waals surface area contributed by atoms with Crippen LogP contribution in [0.25, 0.3) is 0 Å². The van der Waals surface area contributed by atoms with E-state index in [0.29, 0.717) is 11.6 Å². The molecule has 1 unspecified atom stereocenters. The second-order valence-corrected chi connectivity index (χ2v) is 8.93. The number of aryl methyl sites for hydroxylation is 2. The Labute approximate surface area is 145 Å². The minimum Gasteiger partial charge on any atom is -0.342 e. The van der Waals surface area contributed by atoms with Gasteiger partial charge in [0.05, 0.1) is 11.9 Å². The molecule has 24 heavy (non-hydrogen) atoms. The van der Waals surface area contributed by atoms with Crippen molar-refractivity contribution in [3.8, 4) is 0 Å². The van der Waals surface area contributed by atoms with E-state index in [4.69, 9.17) is 0 Å². The van der Waals surface area contributed by atoms with E-state index in [1.807, 2.05) is 36.9 Å². The minimum atomic E-state index is -3.43. The Hall–Kier alpha value is -1.56. The van der Waals surface area contributed by atoms with Gasteiger partial charge in [-0.05, 0) is 55.9 Å². The highest BCUT2D eigenvalue weighted by Crippen LogP contribution is 2.22. The first-order valence-electron chi connectivity index (χ1n) is 8.50. The molecule has 1 fully saturated rings. The van der Waals surface area contributed by atoms with Gasteiger partial charge in [-0.1, -0.05) is 13.0 Å². The van der Waals surface area contributed by atoms with Crippen LogP contribution >= 0.6 is 0 Å². The fourth-order valence-electron chi connectivity index (χ4n) is 3.35. The SMILES string of the molecule is Cc1cc(C)cc(N(CCC(=O)N2CCCC(C)C2)S(C)(=O)=O)c1. The van der Waals surface area contributed by atoms with Crippen molar-refractivity contribution in [2.45, 2.75) is 40.0 Å². The third kappa shape index (κ3) is 4.97. The largest absolute Gasteiger partial charge is 0.342 e. The summed E-state index contributed by atoms with van der Waals surface area (Å²) >= 11 is 0. The molecule has 1 aromatic carbocycles. The van der Waals surface area contributed by atoms with Gasteiger partial charge in [-0.25, -0.2) is 8.42 Å². The average molecular weight is 353 g/mol. The van der Waals surface area contributed by atoms with Crippen molar-refractivity contribution in [2.75, 3.05) is 30.2 Å². The molecule has 1 amide bonds. The Morgan fingerprint density at radius 2 is 1.88 bits per heavy atom. The average Bonchev–Trinajstić information content (AvgIpc) is 2.44. The van der Waals surface area contributed by atoms with Crippen molar-refractivity contribution in [2.24, 2.45) is 5.92 Å². The third-order valence-corrected chi connectivity index (χ3v) is 5.63. The van der Waals surface area contributed by atoms with Crippen LogP contribution < -0.4 is 4.31 Å². The van der Waals surface area contributed by atoms with Crippen LogP contribution in [0.15, 0.2) is 18.2 Å². The monoisotopic (exact) mass is 352 g/mol. The normalized spacial score (nSPS) is 18.5. The highest BCUT2D eigenvalue weighted by Gasteiger charge is 2.24. The number of sulfonamides is 1. The van der Waals surface area contributed by atoms with Gasteiger partial charge in [-0.15, -0.1) is 0 Å². The standard InChI is InChI=1S/C18H28N2O3S/c1-14-6-5-8-19(13-14)18(21)7-9-20(24(4,22)23)17-11-15(2)10-16(3)12-17/h10-12,14H,5-9,13H2,1-4H3. The summed E-state index contributed by atoms with van der Waals surface area (Å²) in [6.07, 6.45) is 3.59. The molecule has 0 N–H and O–H groups in total. The van der Waals surface area contributed by atoms with Crippen molar-refractivity contribution in [1.29, 1.82) is 0 Å². The van der Waals surface area contributed by atoms with E-state index in [1.54, 1.807) is 0 Å².